The molecule has 2 atom stereocenters. The monoisotopic (exact) mass is 254 g/mol. The van der Waals surface area contributed by atoms with Crippen LogP contribution in [0.3, 0.4) is 0 Å². The van der Waals surface area contributed by atoms with Crippen LogP contribution in [-0.2, 0) is 9.53 Å². The Morgan fingerprint density at radius 1 is 1.39 bits per heavy atom. The van der Waals surface area contributed by atoms with Crippen molar-refractivity contribution in [1.82, 2.24) is 10.2 Å². The molecule has 2 aliphatic rings. The number of nitrogens with zero attached hydrogens (tertiary/aromatic N) is 1. The van der Waals surface area contributed by atoms with Gasteiger partial charge in [0.05, 0.1) is 24.3 Å². The van der Waals surface area contributed by atoms with Crippen LogP contribution < -0.4 is 5.32 Å². The van der Waals surface area contributed by atoms with E-state index in [1.54, 1.807) is 0 Å². The second kappa shape index (κ2) is 5.57. The first kappa shape index (κ1) is 13.8. The Labute approximate surface area is 110 Å². The summed E-state index contributed by atoms with van der Waals surface area (Å²) in [5.41, 5.74) is -0.464. The molecule has 2 rings (SSSR count). The number of hydrogen-bond acceptors (Lipinski definition) is 3. The molecular formula is C14H26N2O2. The number of rotatable bonds is 3. The molecule has 1 aliphatic carbocycles. The van der Waals surface area contributed by atoms with E-state index in [4.69, 9.17) is 4.74 Å². The van der Waals surface area contributed by atoms with Gasteiger partial charge in [-0.1, -0.05) is 19.8 Å². The molecule has 0 radical (unpaired) electrons. The third kappa shape index (κ3) is 2.69. The van der Waals surface area contributed by atoms with Crippen LogP contribution in [0.5, 0.6) is 0 Å². The van der Waals surface area contributed by atoms with Gasteiger partial charge in [0.2, 0.25) is 5.91 Å². The van der Waals surface area contributed by atoms with Crippen LogP contribution in [-0.4, -0.2) is 48.2 Å². The highest BCUT2D eigenvalue weighted by Gasteiger charge is 2.41. The summed E-state index contributed by atoms with van der Waals surface area (Å²) < 4.78 is 5.82. The fraction of sp³-hybridized carbons (Fsp3) is 0.929. The highest BCUT2D eigenvalue weighted by atomic mass is 16.5. The maximum atomic E-state index is 12.7. The highest BCUT2D eigenvalue weighted by molar-refractivity contribution is 5.86. The van der Waals surface area contributed by atoms with Gasteiger partial charge < -0.3 is 15.0 Å². The zero-order valence-electron chi connectivity index (χ0n) is 11.9. The number of amides is 1. The lowest BCUT2D eigenvalue weighted by atomic mass is 9.88. The van der Waals surface area contributed by atoms with Crippen molar-refractivity contribution in [2.75, 3.05) is 19.7 Å². The fourth-order valence-electron chi connectivity index (χ4n) is 3.23. The quantitative estimate of drug-likeness (QED) is 0.831. The summed E-state index contributed by atoms with van der Waals surface area (Å²) in [5, 5.41) is 3.28. The van der Waals surface area contributed by atoms with Gasteiger partial charge in [-0.15, -0.1) is 0 Å². The van der Waals surface area contributed by atoms with Crippen molar-refractivity contribution in [2.45, 2.75) is 64.1 Å². The highest BCUT2D eigenvalue weighted by Crippen LogP contribution is 2.29. The SMILES string of the molecule is CCNC(C)(C)C(=O)N1CCOC2CCCCC21. The summed E-state index contributed by atoms with van der Waals surface area (Å²) in [7, 11) is 0. The van der Waals surface area contributed by atoms with Crippen LogP contribution in [0.4, 0.5) is 0 Å². The van der Waals surface area contributed by atoms with E-state index >= 15 is 0 Å². The molecule has 4 heteroatoms. The molecule has 2 unspecified atom stereocenters. The van der Waals surface area contributed by atoms with Crippen LogP contribution in [0.15, 0.2) is 0 Å². The number of morpholine rings is 1. The minimum Gasteiger partial charge on any atom is -0.374 e. The first-order chi connectivity index (χ1) is 8.56. The first-order valence-electron chi connectivity index (χ1n) is 7.24. The van der Waals surface area contributed by atoms with Crippen LogP contribution >= 0.6 is 0 Å². The summed E-state index contributed by atoms with van der Waals surface area (Å²) in [6.07, 6.45) is 4.93. The summed E-state index contributed by atoms with van der Waals surface area (Å²) in [6.45, 7) is 8.25. The lowest BCUT2D eigenvalue weighted by Crippen LogP contribution is -2.62. The van der Waals surface area contributed by atoms with E-state index in [1.807, 2.05) is 20.8 Å². The van der Waals surface area contributed by atoms with Crippen LogP contribution in [0.25, 0.3) is 0 Å². The number of likely N-dealkylation sites (N-methyl/N-ethyl adjacent to an activating group) is 1. The van der Waals surface area contributed by atoms with Crippen molar-refractivity contribution in [3.63, 3.8) is 0 Å². The van der Waals surface area contributed by atoms with E-state index in [1.165, 1.54) is 12.8 Å². The van der Waals surface area contributed by atoms with Gasteiger partial charge in [-0.3, -0.25) is 4.79 Å². The van der Waals surface area contributed by atoms with E-state index in [0.29, 0.717) is 12.6 Å². The maximum absolute atomic E-state index is 12.7. The number of hydrogen-bond donors (Lipinski definition) is 1. The van der Waals surface area contributed by atoms with Crippen LogP contribution in [0.1, 0.15) is 46.5 Å². The molecule has 1 aliphatic heterocycles. The number of carbonyl (C=O) groups excluding carboxylic acids is 1. The molecule has 1 saturated carbocycles. The molecule has 0 aromatic rings. The second-order valence-corrected chi connectivity index (χ2v) is 5.91. The van der Waals surface area contributed by atoms with Gasteiger partial charge in [-0.05, 0) is 33.2 Å². The lowest BCUT2D eigenvalue weighted by molar-refractivity contribution is -0.155. The molecular weight excluding hydrogens is 228 g/mol. The van der Waals surface area contributed by atoms with Gasteiger partial charge in [0.15, 0.2) is 0 Å². The van der Waals surface area contributed by atoms with Crippen molar-refractivity contribution in [3.8, 4) is 0 Å². The fourth-order valence-corrected chi connectivity index (χ4v) is 3.23. The van der Waals surface area contributed by atoms with E-state index in [9.17, 15) is 4.79 Å². The van der Waals surface area contributed by atoms with Gasteiger partial charge >= 0.3 is 0 Å². The van der Waals surface area contributed by atoms with Crippen LogP contribution in [0, 0.1) is 0 Å². The molecule has 1 heterocycles. The maximum Gasteiger partial charge on any atom is 0.242 e. The lowest BCUT2D eigenvalue weighted by Gasteiger charge is -2.46. The van der Waals surface area contributed by atoms with Gasteiger partial charge in [0.1, 0.15) is 0 Å². The molecule has 0 bridgehead atoms. The molecule has 1 amide bonds. The van der Waals surface area contributed by atoms with E-state index in [-0.39, 0.29) is 12.0 Å². The molecule has 1 saturated heterocycles. The predicted octanol–water partition coefficient (Wildman–Crippen LogP) is 1.54. The predicted molar refractivity (Wildman–Crippen MR) is 71.5 cm³/mol. The van der Waals surface area contributed by atoms with Crippen molar-refractivity contribution < 1.29 is 9.53 Å². The summed E-state index contributed by atoms with van der Waals surface area (Å²) >= 11 is 0. The Kier molecular flexibility index (Phi) is 4.28. The Morgan fingerprint density at radius 3 is 2.83 bits per heavy atom. The zero-order chi connectivity index (χ0) is 13.2. The minimum absolute atomic E-state index is 0.226. The molecule has 2 fully saturated rings. The number of fused-ring (bicyclic) bond motifs is 1. The molecule has 4 nitrogen and oxygen atoms in total. The van der Waals surface area contributed by atoms with Gasteiger partial charge in [-0.2, -0.15) is 0 Å². The average Bonchev–Trinajstić information content (AvgIpc) is 2.37. The molecule has 0 spiro atoms. The Morgan fingerprint density at radius 2 is 2.11 bits per heavy atom. The molecule has 18 heavy (non-hydrogen) atoms. The minimum atomic E-state index is -0.464. The average molecular weight is 254 g/mol. The topological polar surface area (TPSA) is 41.6 Å². The largest absolute Gasteiger partial charge is 0.374 e. The van der Waals surface area contributed by atoms with Gasteiger partial charge in [-0.25, -0.2) is 0 Å². The summed E-state index contributed by atoms with van der Waals surface area (Å²) in [5.74, 6) is 0.226. The van der Waals surface area contributed by atoms with Crippen LogP contribution in [0.2, 0.25) is 0 Å². The summed E-state index contributed by atoms with van der Waals surface area (Å²) in [4.78, 5) is 14.7. The Bertz CT molecular complexity index is 302. The third-order valence-corrected chi connectivity index (χ3v) is 4.15. The van der Waals surface area contributed by atoms with E-state index < -0.39 is 5.54 Å². The van der Waals surface area contributed by atoms with Crippen molar-refractivity contribution in [1.29, 1.82) is 0 Å². The molecule has 0 aromatic heterocycles. The van der Waals surface area contributed by atoms with Gasteiger partial charge in [0.25, 0.3) is 0 Å². The summed E-state index contributed by atoms with van der Waals surface area (Å²) in [6, 6.07) is 0.304. The second-order valence-electron chi connectivity index (χ2n) is 5.91. The first-order valence-corrected chi connectivity index (χ1v) is 7.24. The third-order valence-electron chi connectivity index (χ3n) is 4.15. The number of nitrogens with one attached hydrogen (secondary N) is 1. The smallest absolute Gasteiger partial charge is 0.242 e. The normalized spacial score (nSPS) is 28.9. The van der Waals surface area contributed by atoms with E-state index in [0.717, 1.165) is 25.9 Å². The molecule has 104 valence electrons. The standard InChI is InChI=1S/C14H26N2O2/c1-4-15-14(2,3)13(17)16-9-10-18-12-8-6-5-7-11(12)16/h11-12,15H,4-10H2,1-3H3. The van der Waals surface area contributed by atoms with Crippen molar-refractivity contribution in [3.05, 3.63) is 0 Å². The zero-order valence-corrected chi connectivity index (χ0v) is 11.9. The molecule has 1 N–H and O–H groups in total. The number of ether oxygens (including phenoxy) is 1. The number of carbonyl (C=O) groups is 1. The van der Waals surface area contributed by atoms with Crippen molar-refractivity contribution in [2.24, 2.45) is 0 Å². The van der Waals surface area contributed by atoms with Crippen molar-refractivity contribution >= 4 is 5.91 Å². The van der Waals surface area contributed by atoms with Gasteiger partial charge in [0, 0.05) is 6.54 Å². The molecule has 0 aromatic carbocycles. The van der Waals surface area contributed by atoms with E-state index in [2.05, 4.69) is 10.2 Å². The Balaban J connectivity index is 2.08. The Hall–Kier alpha value is -0.610.